The van der Waals surface area contributed by atoms with E-state index in [1.165, 1.54) is 16.7 Å². The zero-order chi connectivity index (χ0) is 18.1. The summed E-state index contributed by atoms with van der Waals surface area (Å²) in [6.07, 6.45) is 1.82. The van der Waals surface area contributed by atoms with E-state index in [0.29, 0.717) is 5.92 Å². The molecule has 1 aliphatic carbocycles. The zero-order valence-electron chi connectivity index (χ0n) is 15.8. The van der Waals surface area contributed by atoms with E-state index in [4.69, 9.17) is 0 Å². The Kier molecular flexibility index (Phi) is 4.84. The van der Waals surface area contributed by atoms with Crippen molar-refractivity contribution in [1.29, 1.82) is 0 Å². The van der Waals surface area contributed by atoms with Gasteiger partial charge in [0.2, 0.25) is 0 Å². The van der Waals surface area contributed by atoms with Gasteiger partial charge in [0.15, 0.2) is 0 Å². The highest BCUT2D eigenvalue weighted by Gasteiger charge is 2.40. The topological polar surface area (TPSA) is 59.0 Å². The molecule has 1 heterocycles. The smallest absolute Gasteiger partial charge is 0.315 e. The van der Waals surface area contributed by atoms with E-state index in [1.54, 1.807) is 0 Å². The molecule has 1 fully saturated rings. The molecule has 5 heteroatoms. The maximum Gasteiger partial charge on any atom is 0.315 e. The lowest BCUT2D eigenvalue weighted by Gasteiger charge is -2.15. The minimum atomic E-state index is -0.0761. The van der Waals surface area contributed by atoms with Crippen LogP contribution in [0.25, 0.3) is 0 Å². The molecule has 0 saturated heterocycles. The molecule has 1 aliphatic rings. The van der Waals surface area contributed by atoms with Gasteiger partial charge < -0.3 is 10.6 Å². The van der Waals surface area contributed by atoms with E-state index in [-0.39, 0.29) is 18.1 Å². The van der Waals surface area contributed by atoms with Crippen LogP contribution in [0.15, 0.2) is 24.3 Å². The van der Waals surface area contributed by atoms with E-state index in [1.807, 2.05) is 25.6 Å². The SMILES string of the molecule is Cc1ccccc1[C@H]1C[C@H]1NC(=O)N[C@@H](C)Cc1c(C)nn(C)c1C. The highest BCUT2D eigenvalue weighted by Crippen LogP contribution is 2.42. The Balaban J connectivity index is 1.51. The summed E-state index contributed by atoms with van der Waals surface area (Å²) in [5.41, 5.74) is 6.07. The summed E-state index contributed by atoms with van der Waals surface area (Å²) in [5, 5.41) is 10.6. The van der Waals surface area contributed by atoms with Crippen molar-refractivity contribution in [1.82, 2.24) is 20.4 Å². The highest BCUT2D eigenvalue weighted by atomic mass is 16.2. The molecule has 1 aromatic heterocycles. The van der Waals surface area contributed by atoms with Gasteiger partial charge in [-0.15, -0.1) is 0 Å². The molecule has 2 amide bonds. The summed E-state index contributed by atoms with van der Waals surface area (Å²) in [4.78, 5) is 12.3. The van der Waals surface area contributed by atoms with Crippen LogP contribution in [-0.2, 0) is 13.5 Å². The summed E-state index contributed by atoms with van der Waals surface area (Å²) in [5.74, 6) is 0.449. The van der Waals surface area contributed by atoms with E-state index in [9.17, 15) is 4.79 Å². The van der Waals surface area contributed by atoms with Gasteiger partial charge >= 0.3 is 6.03 Å². The number of aryl methyl sites for hydroxylation is 3. The lowest BCUT2D eigenvalue weighted by Crippen LogP contribution is -2.43. The van der Waals surface area contributed by atoms with Crippen molar-refractivity contribution in [2.24, 2.45) is 7.05 Å². The second-order valence-corrected chi connectivity index (χ2v) is 7.30. The van der Waals surface area contributed by atoms with Crippen molar-refractivity contribution in [2.75, 3.05) is 0 Å². The molecule has 0 bridgehead atoms. The summed E-state index contributed by atoms with van der Waals surface area (Å²) in [6, 6.07) is 8.65. The first-order chi connectivity index (χ1) is 11.9. The molecule has 2 N–H and O–H groups in total. The predicted molar refractivity (Wildman–Crippen MR) is 99.8 cm³/mol. The average Bonchev–Trinajstić information content (AvgIpc) is 3.25. The number of hydrogen-bond donors (Lipinski definition) is 2. The Labute approximate surface area is 149 Å². The second kappa shape index (κ2) is 6.90. The number of urea groups is 1. The lowest BCUT2D eigenvalue weighted by atomic mass is 10.0. The third-order valence-electron chi connectivity index (χ3n) is 5.24. The Morgan fingerprint density at radius 2 is 2.04 bits per heavy atom. The molecule has 0 radical (unpaired) electrons. The minimum Gasteiger partial charge on any atom is -0.335 e. The summed E-state index contributed by atoms with van der Waals surface area (Å²) in [6.45, 7) is 8.26. The third kappa shape index (κ3) is 3.86. The van der Waals surface area contributed by atoms with Gasteiger partial charge in [-0.2, -0.15) is 5.10 Å². The summed E-state index contributed by atoms with van der Waals surface area (Å²) < 4.78 is 1.90. The lowest BCUT2D eigenvalue weighted by molar-refractivity contribution is 0.237. The molecule has 5 nitrogen and oxygen atoms in total. The van der Waals surface area contributed by atoms with E-state index < -0.39 is 0 Å². The van der Waals surface area contributed by atoms with Crippen LogP contribution < -0.4 is 10.6 Å². The quantitative estimate of drug-likeness (QED) is 0.878. The van der Waals surface area contributed by atoms with Gasteiger partial charge in [-0.3, -0.25) is 4.68 Å². The van der Waals surface area contributed by atoms with Crippen molar-refractivity contribution in [3.05, 3.63) is 52.3 Å². The fourth-order valence-corrected chi connectivity index (χ4v) is 3.61. The van der Waals surface area contributed by atoms with Gasteiger partial charge in [-0.25, -0.2) is 4.79 Å². The number of carbonyl (C=O) groups is 1. The van der Waals surface area contributed by atoms with E-state index in [2.05, 4.69) is 53.8 Å². The van der Waals surface area contributed by atoms with Gasteiger partial charge in [0, 0.05) is 30.7 Å². The fraction of sp³-hybridized carbons (Fsp3) is 0.500. The molecule has 3 atom stereocenters. The number of benzene rings is 1. The number of amides is 2. The number of hydrogen-bond acceptors (Lipinski definition) is 2. The number of nitrogens with zero attached hydrogens (tertiary/aromatic N) is 2. The Hall–Kier alpha value is -2.30. The van der Waals surface area contributed by atoms with Crippen LogP contribution in [0.4, 0.5) is 4.79 Å². The maximum atomic E-state index is 12.3. The Morgan fingerprint density at radius 1 is 1.32 bits per heavy atom. The normalized spacial score (nSPS) is 20.2. The van der Waals surface area contributed by atoms with Crippen molar-refractivity contribution < 1.29 is 4.79 Å². The van der Waals surface area contributed by atoms with Crippen LogP contribution in [0.5, 0.6) is 0 Å². The summed E-state index contributed by atoms with van der Waals surface area (Å²) >= 11 is 0. The van der Waals surface area contributed by atoms with Gasteiger partial charge in [-0.05, 0) is 57.2 Å². The van der Waals surface area contributed by atoms with Crippen LogP contribution in [0.1, 0.15) is 47.3 Å². The molecule has 134 valence electrons. The van der Waals surface area contributed by atoms with E-state index >= 15 is 0 Å². The van der Waals surface area contributed by atoms with E-state index in [0.717, 1.165) is 24.2 Å². The van der Waals surface area contributed by atoms with Crippen LogP contribution in [0, 0.1) is 20.8 Å². The van der Waals surface area contributed by atoms with Crippen molar-refractivity contribution in [3.8, 4) is 0 Å². The van der Waals surface area contributed by atoms with Crippen molar-refractivity contribution in [2.45, 2.75) is 58.5 Å². The molecule has 1 aromatic carbocycles. The van der Waals surface area contributed by atoms with Crippen LogP contribution in [0.3, 0.4) is 0 Å². The first kappa shape index (κ1) is 17.5. The Bertz CT molecular complexity index is 780. The van der Waals surface area contributed by atoms with Gasteiger partial charge in [0.25, 0.3) is 0 Å². The van der Waals surface area contributed by atoms with Gasteiger partial charge in [0.1, 0.15) is 0 Å². The second-order valence-electron chi connectivity index (χ2n) is 7.30. The third-order valence-corrected chi connectivity index (χ3v) is 5.24. The summed E-state index contributed by atoms with van der Waals surface area (Å²) in [7, 11) is 1.95. The molecule has 1 saturated carbocycles. The highest BCUT2D eigenvalue weighted by molar-refractivity contribution is 5.75. The fourth-order valence-electron chi connectivity index (χ4n) is 3.61. The molecule has 2 aromatic rings. The largest absolute Gasteiger partial charge is 0.335 e. The zero-order valence-corrected chi connectivity index (χ0v) is 15.8. The average molecular weight is 340 g/mol. The molecular formula is C20H28N4O. The van der Waals surface area contributed by atoms with Crippen LogP contribution in [0.2, 0.25) is 0 Å². The molecule has 3 rings (SSSR count). The van der Waals surface area contributed by atoms with Gasteiger partial charge in [-0.1, -0.05) is 24.3 Å². The van der Waals surface area contributed by atoms with Crippen LogP contribution in [-0.4, -0.2) is 27.9 Å². The molecule has 0 spiro atoms. The molecule has 0 aliphatic heterocycles. The monoisotopic (exact) mass is 340 g/mol. The van der Waals surface area contributed by atoms with Gasteiger partial charge in [0.05, 0.1) is 5.69 Å². The maximum absolute atomic E-state index is 12.3. The van der Waals surface area contributed by atoms with Crippen molar-refractivity contribution >= 4 is 6.03 Å². The predicted octanol–water partition coefficient (Wildman–Crippen LogP) is 3.13. The number of rotatable bonds is 5. The molecule has 25 heavy (non-hydrogen) atoms. The Morgan fingerprint density at radius 3 is 2.68 bits per heavy atom. The molecular weight excluding hydrogens is 312 g/mol. The standard InChI is InChI=1S/C20H28N4O/c1-12-8-6-7-9-16(12)18-11-19(18)22-20(25)21-13(2)10-17-14(3)23-24(5)15(17)4/h6-9,13,18-19H,10-11H2,1-5H3,(H2,21,22,25)/t13-,18+,19+/m0/s1. The first-order valence-electron chi connectivity index (χ1n) is 8.98. The number of carbonyl (C=O) groups excluding carboxylic acids is 1. The number of nitrogens with one attached hydrogen (secondary N) is 2. The number of aromatic nitrogens is 2. The van der Waals surface area contributed by atoms with Crippen molar-refractivity contribution in [3.63, 3.8) is 0 Å². The van der Waals surface area contributed by atoms with Crippen LogP contribution >= 0.6 is 0 Å². The minimum absolute atomic E-state index is 0.0669. The first-order valence-corrected chi connectivity index (χ1v) is 8.98. The molecule has 0 unspecified atom stereocenters.